The van der Waals surface area contributed by atoms with E-state index in [9.17, 15) is 0 Å². The second-order valence-corrected chi connectivity index (χ2v) is 4.85. The summed E-state index contributed by atoms with van der Waals surface area (Å²) in [6.07, 6.45) is 10.0. The van der Waals surface area contributed by atoms with Crippen LogP contribution in [0.15, 0.2) is 6.20 Å². The van der Waals surface area contributed by atoms with Crippen LogP contribution in [-0.4, -0.2) is 16.5 Å². The van der Waals surface area contributed by atoms with Gasteiger partial charge in [0.25, 0.3) is 0 Å². The van der Waals surface area contributed by atoms with Gasteiger partial charge in [-0.2, -0.15) is 0 Å². The topological polar surface area (TPSA) is 40.7 Å². The van der Waals surface area contributed by atoms with Crippen LogP contribution in [0.1, 0.15) is 62.0 Å². The third-order valence-corrected chi connectivity index (χ3v) is 3.80. The normalized spacial score (nSPS) is 27.6. The molecule has 0 radical (unpaired) electrons. The maximum Gasteiger partial charge on any atom is 0.123 e. The first-order chi connectivity index (χ1) is 7.43. The molecular weight excluding hydrogens is 186 g/mol. The van der Waals surface area contributed by atoms with E-state index in [1.54, 1.807) is 0 Å². The van der Waals surface area contributed by atoms with Gasteiger partial charge in [0.1, 0.15) is 5.82 Å². The van der Waals surface area contributed by atoms with Gasteiger partial charge < -0.3 is 10.3 Å². The van der Waals surface area contributed by atoms with Gasteiger partial charge in [-0.05, 0) is 32.2 Å². The number of nitrogens with zero attached hydrogens (tertiary/aromatic N) is 1. The summed E-state index contributed by atoms with van der Waals surface area (Å²) in [4.78, 5) is 8.05. The molecule has 82 valence electrons. The van der Waals surface area contributed by atoms with E-state index in [0.717, 1.165) is 18.3 Å². The zero-order valence-corrected chi connectivity index (χ0v) is 9.13. The van der Waals surface area contributed by atoms with Gasteiger partial charge in [0.2, 0.25) is 0 Å². The molecule has 3 heteroatoms. The highest BCUT2D eigenvalue weighted by molar-refractivity contribution is 5.11. The highest BCUT2D eigenvalue weighted by Gasteiger charge is 2.22. The Morgan fingerprint density at radius 2 is 2.00 bits per heavy atom. The number of rotatable bonds is 2. The van der Waals surface area contributed by atoms with Crippen LogP contribution in [-0.2, 0) is 0 Å². The molecule has 1 aliphatic heterocycles. The average molecular weight is 205 g/mol. The Balaban J connectivity index is 1.74. The molecule has 2 N–H and O–H groups in total. The fraction of sp³-hybridized carbons (Fsp3) is 0.750. The molecule has 1 saturated carbocycles. The van der Waals surface area contributed by atoms with Gasteiger partial charge in [-0.15, -0.1) is 0 Å². The second-order valence-electron chi connectivity index (χ2n) is 4.85. The van der Waals surface area contributed by atoms with Crippen LogP contribution in [0.5, 0.6) is 0 Å². The van der Waals surface area contributed by atoms with E-state index < -0.39 is 0 Å². The van der Waals surface area contributed by atoms with E-state index >= 15 is 0 Å². The first-order valence-electron chi connectivity index (χ1n) is 6.21. The lowest BCUT2D eigenvalue weighted by Crippen LogP contribution is -2.14. The van der Waals surface area contributed by atoms with E-state index in [2.05, 4.69) is 21.5 Å². The molecule has 2 aliphatic rings. The van der Waals surface area contributed by atoms with Crippen molar-refractivity contribution in [1.29, 1.82) is 0 Å². The Kier molecular flexibility index (Phi) is 2.49. The van der Waals surface area contributed by atoms with Gasteiger partial charge in [0.05, 0.1) is 6.04 Å². The summed E-state index contributed by atoms with van der Waals surface area (Å²) in [5.41, 5.74) is 1.37. The van der Waals surface area contributed by atoms with Crippen molar-refractivity contribution in [3.8, 4) is 0 Å². The van der Waals surface area contributed by atoms with E-state index in [4.69, 9.17) is 0 Å². The highest BCUT2D eigenvalue weighted by Crippen LogP contribution is 2.33. The van der Waals surface area contributed by atoms with Crippen molar-refractivity contribution >= 4 is 0 Å². The van der Waals surface area contributed by atoms with Gasteiger partial charge in [0.15, 0.2) is 0 Å². The number of hydrogen-bond acceptors (Lipinski definition) is 2. The maximum atomic E-state index is 4.52. The van der Waals surface area contributed by atoms with Crippen molar-refractivity contribution in [3.63, 3.8) is 0 Å². The smallest absolute Gasteiger partial charge is 0.123 e. The number of H-pyrrole nitrogens is 1. The van der Waals surface area contributed by atoms with Crippen LogP contribution in [0.3, 0.4) is 0 Å². The van der Waals surface area contributed by atoms with Crippen molar-refractivity contribution in [3.05, 3.63) is 17.7 Å². The molecule has 1 aliphatic carbocycles. The number of imidazole rings is 1. The fourth-order valence-electron chi connectivity index (χ4n) is 2.89. The third-order valence-electron chi connectivity index (χ3n) is 3.80. The lowest BCUT2D eigenvalue weighted by atomic mass is 10.1. The van der Waals surface area contributed by atoms with Gasteiger partial charge in [0, 0.05) is 17.8 Å². The Bertz CT molecular complexity index is 289. The molecule has 15 heavy (non-hydrogen) atoms. The Labute approximate surface area is 90.7 Å². The summed E-state index contributed by atoms with van der Waals surface area (Å²) in [7, 11) is 0. The minimum Gasteiger partial charge on any atom is -0.344 e. The molecule has 1 atom stereocenters. The van der Waals surface area contributed by atoms with Crippen LogP contribution in [0.2, 0.25) is 0 Å². The summed E-state index contributed by atoms with van der Waals surface area (Å²) < 4.78 is 0. The molecule has 1 unspecified atom stereocenters. The Morgan fingerprint density at radius 3 is 2.73 bits per heavy atom. The van der Waals surface area contributed by atoms with Gasteiger partial charge in [-0.1, -0.05) is 12.8 Å². The molecule has 1 aromatic heterocycles. The van der Waals surface area contributed by atoms with E-state index in [1.165, 1.54) is 44.2 Å². The standard InChI is InChI=1S/C12H19N3/c1-2-5-9(4-1)11-8-14-12(15-11)10-6-3-7-13-10/h8-10,13H,1-7H2,(H,14,15). The predicted molar refractivity (Wildman–Crippen MR) is 59.8 cm³/mol. The number of nitrogens with one attached hydrogen (secondary N) is 2. The zero-order chi connectivity index (χ0) is 10.1. The molecule has 1 aromatic rings. The van der Waals surface area contributed by atoms with E-state index in [1.807, 2.05) is 0 Å². The third kappa shape index (κ3) is 1.81. The highest BCUT2D eigenvalue weighted by atomic mass is 15.0. The lowest BCUT2D eigenvalue weighted by molar-refractivity contribution is 0.606. The van der Waals surface area contributed by atoms with E-state index in [-0.39, 0.29) is 0 Å². The molecular formula is C12H19N3. The quantitative estimate of drug-likeness (QED) is 0.778. The summed E-state index contributed by atoms with van der Waals surface area (Å²) in [5, 5.41) is 3.48. The predicted octanol–water partition coefficient (Wildman–Crippen LogP) is 2.49. The van der Waals surface area contributed by atoms with Crippen molar-refractivity contribution in [2.24, 2.45) is 0 Å². The fourth-order valence-corrected chi connectivity index (χ4v) is 2.89. The number of hydrogen-bond donors (Lipinski definition) is 2. The Morgan fingerprint density at radius 1 is 1.13 bits per heavy atom. The monoisotopic (exact) mass is 205 g/mol. The summed E-state index contributed by atoms with van der Waals surface area (Å²) in [5.74, 6) is 1.92. The van der Waals surface area contributed by atoms with Crippen LogP contribution < -0.4 is 5.32 Å². The largest absolute Gasteiger partial charge is 0.344 e. The minimum absolute atomic E-state index is 0.486. The van der Waals surface area contributed by atoms with Crippen molar-refractivity contribution in [2.75, 3.05) is 6.54 Å². The van der Waals surface area contributed by atoms with Crippen LogP contribution in [0, 0.1) is 0 Å². The van der Waals surface area contributed by atoms with E-state index in [0.29, 0.717) is 6.04 Å². The average Bonchev–Trinajstić information content (AvgIpc) is 3.02. The molecule has 0 aromatic carbocycles. The summed E-state index contributed by atoms with van der Waals surface area (Å²) in [6, 6.07) is 0.486. The van der Waals surface area contributed by atoms with Crippen molar-refractivity contribution in [2.45, 2.75) is 50.5 Å². The van der Waals surface area contributed by atoms with Crippen LogP contribution in [0.4, 0.5) is 0 Å². The molecule has 1 saturated heterocycles. The summed E-state index contributed by atoms with van der Waals surface area (Å²) in [6.45, 7) is 1.14. The number of aromatic amines is 1. The first-order valence-corrected chi connectivity index (χ1v) is 6.21. The molecule has 2 heterocycles. The molecule has 0 bridgehead atoms. The van der Waals surface area contributed by atoms with Crippen LogP contribution >= 0.6 is 0 Å². The summed E-state index contributed by atoms with van der Waals surface area (Å²) >= 11 is 0. The molecule has 0 spiro atoms. The number of aromatic nitrogens is 2. The molecule has 2 fully saturated rings. The van der Waals surface area contributed by atoms with Crippen molar-refractivity contribution < 1.29 is 0 Å². The molecule has 3 rings (SSSR count). The molecule has 0 amide bonds. The lowest BCUT2D eigenvalue weighted by Gasteiger charge is -2.07. The maximum absolute atomic E-state index is 4.52. The SMILES string of the molecule is c1nc(C2CCCN2)[nH]c1C1CCCC1. The molecule has 3 nitrogen and oxygen atoms in total. The second kappa shape index (κ2) is 3.97. The van der Waals surface area contributed by atoms with Gasteiger partial charge in [-0.3, -0.25) is 0 Å². The zero-order valence-electron chi connectivity index (χ0n) is 9.13. The van der Waals surface area contributed by atoms with Gasteiger partial charge >= 0.3 is 0 Å². The first kappa shape index (κ1) is 9.40. The minimum atomic E-state index is 0.486. The van der Waals surface area contributed by atoms with Crippen LogP contribution in [0.25, 0.3) is 0 Å². The Hall–Kier alpha value is -0.830. The van der Waals surface area contributed by atoms with Gasteiger partial charge in [-0.25, -0.2) is 4.98 Å². The van der Waals surface area contributed by atoms with Crippen molar-refractivity contribution in [1.82, 2.24) is 15.3 Å².